The summed E-state index contributed by atoms with van der Waals surface area (Å²) in [7, 11) is 0. The number of carbonyl (C=O) groups excluding carboxylic acids is 1. The highest BCUT2D eigenvalue weighted by atomic mass is 32.1. The molecule has 1 amide bonds. The predicted octanol–water partition coefficient (Wildman–Crippen LogP) is 2.01. The Labute approximate surface area is 84.1 Å². The first-order valence-electron chi connectivity index (χ1n) is 4.25. The van der Waals surface area contributed by atoms with E-state index in [1.165, 1.54) is 11.3 Å². The van der Waals surface area contributed by atoms with Crippen LogP contribution in [0.3, 0.4) is 0 Å². The van der Waals surface area contributed by atoms with Gasteiger partial charge in [-0.25, -0.2) is 0 Å². The summed E-state index contributed by atoms with van der Waals surface area (Å²) in [6, 6.07) is 3.87. The summed E-state index contributed by atoms with van der Waals surface area (Å²) in [5.41, 5.74) is 6.93. The van der Waals surface area contributed by atoms with Gasteiger partial charge in [-0.1, -0.05) is 0 Å². The Morgan fingerprint density at radius 1 is 1.50 bits per heavy atom. The van der Waals surface area contributed by atoms with E-state index in [4.69, 9.17) is 10.2 Å². The summed E-state index contributed by atoms with van der Waals surface area (Å²) in [4.78, 5) is 12.2. The van der Waals surface area contributed by atoms with E-state index in [2.05, 4.69) is 0 Å². The second-order valence-corrected chi connectivity index (χ2v) is 4.14. The summed E-state index contributed by atoms with van der Waals surface area (Å²) in [5.74, 6) is 1.39. The number of carbonyl (C=O) groups is 1. The van der Waals surface area contributed by atoms with Gasteiger partial charge in [0.2, 0.25) is 5.91 Å². The average Bonchev–Trinajstić information content (AvgIpc) is 2.71. The van der Waals surface area contributed by atoms with Gasteiger partial charge in [0.05, 0.1) is 10.4 Å². The van der Waals surface area contributed by atoms with Crippen LogP contribution in [0.2, 0.25) is 0 Å². The first-order valence-corrected chi connectivity index (χ1v) is 5.13. The number of primary amides is 1. The molecule has 3 rings (SSSR count). The van der Waals surface area contributed by atoms with Crippen molar-refractivity contribution < 1.29 is 9.21 Å². The van der Waals surface area contributed by atoms with Crippen LogP contribution in [0.1, 0.15) is 21.7 Å². The molecule has 14 heavy (non-hydrogen) atoms. The summed E-state index contributed by atoms with van der Waals surface area (Å²) in [5, 5.41) is 1.80. The normalized spacial score (nSPS) is 12.6. The molecule has 2 aromatic rings. The van der Waals surface area contributed by atoms with E-state index < -0.39 is 0 Å². The van der Waals surface area contributed by atoms with E-state index in [0.717, 1.165) is 22.0 Å². The molecule has 0 aliphatic carbocycles. The highest BCUT2D eigenvalue weighted by Gasteiger charge is 2.23. The van der Waals surface area contributed by atoms with E-state index in [9.17, 15) is 4.79 Å². The summed E-state index contributed by atoms with van der Waals surface area (Å²) < 4.78 is 5.50. The van der Waals surface area contributed by atoms with Gasteiger partial charge in [0, 0.05) is 11.8 Å². The zero-order valence-corrected chi connectivity index (χ0v) is 8.06. The quantitative estimate of drug-likeness (QED) is 0.660. The Morgan fingerprint density at radius 2 is 2.36 bits per heavy atom. The molecule has 3 heterocycles. The number of rotatable bonds is 1. The molecule has 0 saturated heterocycles. The topological polar surface area (TPSA) is 56.2 Å². The number of amides is 1. The van der Waals surface area contributed by atoms with E-state index in [1.807, 2.05) is 12.1 Å². The van der Waals surface area contributed by atoms with Crippen molar-refractivity contribution in [2.75, 3.05) is 0 Å². The Bertz CT molecular complexity index is 524. The zero-order chi connectivity index (χ0) is 9.71. The lowest BCUT2D eigenvalue weighted by molar-refractivity contribution is 0.1000. The van der Waals surface area contributed by atoms with Crippen molar-refractivity contribution in [1.82, 2.24) is 0 Å². The van der Waals surface area contributed by atoms with Gasteiger partial charge in [-0.15, -0.1) is 11.3 Å². The van der Waals surface area contributed by atoms with Crippen molar-refractivity contribution in [2.24, 2.45) is 5.73 Å². The third-order valence-corrected chi connectivity index (χ3v) is 3.43. The van der Waals surface area contributed by atoms with Crippen LogP contribution in [-0.4, -0.2) is 5.91 Å². The lowest BCUT2D eigenvalue weighted by atomic mass is 10.1. The molecule has 3 nitrogen and oxygen atoms in total. The fourth-order valence-corrected chi connectivity index (χ4v) is 2.79. The van der Waals surface area contributed by atoms with Gasteiger partial charge < -0.3 is 10.2 Å². The average molecular weight is 205 g/mol. The number of fused-ring (bicyclic) bond motifs is 4. The van der Waals surface area contributed by atoms with Crippen LogP contribution in [0.15, 0.2) is 21.9 Å². The van der Waals surface area contributed by atoms with Crippen LogP contribution < -0.4 is 5.73 Å². The highest BCUT2D eigenvalue weighted by molar-refractivity contribution is 7.14. The zero-order valence-electron chi connectivity index (χ0n) is 7.24. The highest BCUT2D eigenvalue weighted by Crippen LogP contribution is 2.39. The summed E-state index contributed by atoms with van der Waals surface area (Å²) >= 11 is 1.51. The molecule has 1 aliphatic rings. The number of nitrogens with two attached hydrogens (primary N) is 1. The van der Waals surface area contributed by atoms with Gasteiger partial charge in [-0.2, -0.15) is 0 Å². The van der Waals surface area contributed by atoms with Crippen molar-refractivity contribution >= 4 is 17.2 Å². The number of hydrogen-bond donors (Lipinski definition) is 1. The Hall–Kier alpha value is -1.55. The minimum absolute atomic E-state index is 0.356. The first-order chi connectivity index (χ1) is 6.75. The predicted molar refractivity (Wildman–Crippen MR) is 53.3 cm³/mol. The standard InChI is InChI=1S/C10H7NO2S/c11-10(12)7-4-14-9-6(7)3-5-1-2-8(9)13-5/h1-2,4H,3H2,(H2,11,12). The molecular formula is C10H7NO2S. The van der Waals surface area contributed by atoms with Gasteiger partial charge in [0.25, 0.3) is 0 Å². The second-order valence-electron chi connectivity index (χ2n) is 3.26. The molecule has 0 unspecified atom stereocenters. The maximum Gasteiger partial charge on any atom is 0.249 e. The molecule has 0 fully saturated rings. The molecule has 0 radical (unpaired) electrons. The van der Waals surface area contributed by atoms with E-state index in [0.29, 0.717) is 12.0 Å². The molecule has 1 aliphatic heterocycles. The van der Waals surface area contributed by atoms with Gasteiger partial charge in [0.15, 0.2) is 0 Å². The molecule has 70 valence electrons. The largest absolute Gasteiger partial charge is 0.460 e. The summed E-state index contributed by atoms with van der Waals surface area (Å²) in [6.45, 7) is 0. The molecule has 2 aromatic heterocycles. The van der Waals surface area contributed by atoms with Crippen molar-refractivity contribution in [3.05, 3.63) is 34.4 Å². The van der Waals surface area contributed by atoms with Gasteiger partial charge in [-0.3, -0.25) is 4.79 Å². The molecule has 0 atom stereocenters. The molecule has 4 heteroatoms. The van der Waals surface area contributed by atoms with Crippen LogP contribution in [0.5, 0.6) is 0 Å². The maximum absolute atomic E-state index is 11.1. The van der Waals surface area contributed by atoms with Gasteiger partial charge in [-0.05, 0) is 17.7 Å². The number of thiophene rings is 1. The van der Waals surface area contributed by atoms with E-state index in [1.54, 1.807) is 5.38 Å². The maximum atomic E-state index is 11.1. The third-order valence-electron chi connectivity index (χ3n) is 2.40. The van der Waals surface area contributed by atoms with E-state index in [-0.39, 0.29) is 5.91 Å². The second kappa shape index (κ2) is 2.48. The Balaban J connectivity index is 2.26. The Kier molecular flexibility index (Phi) is 1.39. The van der Waals surface area contributed by atoms with Gasteiger partial charge in [0.1, 0.15) is 11.5 Å². The molecule has 0 spiro atoms. The molecule has 0 saturated carbocycles. The van der Waals surface area contributed by atoms with Gasteiger partial charge >= 0.3 is 0 Å². The molecule has 2 N–H and O–H groups in total. The van der Waals surface area contributed by atoms with Crippen molar-refractivity contribution in [3.63, 3.8) is 0 Å². The lowest BCUT2D eigenvalue weighted by Crippen LogP contribution is -2.12. The third kappa shape index (κ3) is 0.886. The minimum Gasteiger partial charge on any atom is -0.460 e. The van der Waals surface area contributed by atoms with Crippen molar-refractivity contribution in [1.29, 1.82) is 0 Å². The lowest BCUT2D eigenvalue weighted by Gasteiger charge is -2.06. The summed E-state index contributed by atoms with van der Waals surface area (Å²) in [6.07, 6.45) is 0.678. The van der Waals surface area contributed by atoms with Crippen LogP contribution >= 0.6 is 11.3 Å². The fraction of sp³-hybridized carbons (Fsp3) is 0.100. The van der Waals surface area contributed by atoms with Crippen LogP contribution in [0.4, 0.5) is 0 Å². The van der Waals surface area contributed by atoms with E-state index >= 15 is 0 Å². The number of hydrogen-bond acceptors (Lipinski definition) is 3. The fourth-order valence-electron chi connectivity index (χ4n) is 1.74. The first kappa shape index (κ1) is 7.82. The Morgan fingerprint density at radius 3 is 3.14 bits per heavy atom. The van der Waals surface area contributed by atoms with Crippen molar-refractivity contribution in [2.45, 2.75) is 6.42 Å². The molecular weight excluding hydrogens is 198 g/mol. The monoisotopic (exact) mass is 205 g/mol. The smallest absolute Gasteiger partial charge is 0.249 e. The minimum atomic E-state index is -0.356. The van der Waals surface area contributed by atoms with Crippen LogP contribution in [0, 0.1) is 0 Å². The molecule has 2 bridgehead atoms. The molecule has 0 aromatic carbocycles. The van der Waals surface area contributed by atoms with Crippen molar-refractivity contribution in [3.8, 4) is 10.6 Å². The SMILES string of the molecule is NC(=O)c1csc2c1Cc1ccc-2o1. The van der Waals surface area contributed by atoms with Crippen LogP contribution in [-0.2, 0) is 6.42 Å². The van der Waals surface area contributed by atoms with Crippen LogP contribution in [0.25, 0.3) is 10.6 Å². The number of furan rings is 1.